The number of hydrogen-bond donors (Lipinski definition) is 1. The summed E-state index contributed by atoms with van der Waals surface area (Å²) in [6.07, 6.45) is 5.00. The van der Waals surface area contributed by atoms with E-state index in [0.717, 1.165) is 42.2 Å². The van der Waals surface area contributed by atoms with E-state index in [1.165, 1.54) is 48.6 Å². The minimum absolute atomic E-state index is 0.00235. The smallest absolute Gasteiger partial charge is 0.387 e. The van der Waals surface area contributed by atoms with Crippen LogP contribution in [0.25, 0.3) is 6.08 Å². The lowest BCUT2D eigenvalue weighted by Crippen LogP contribution is -2.29. The molecule has 1 amide bonds. The van der Waals surface area contributed by atoms with E-state index in [1.54, 1.807) is 6.92 Å². The highest BCUT2D eigenvalue weighted by molar-refractivity contribution is 7.17. The van der Waals surface area contributed by atoms with Crippen LogP contribution in [0.2, 0.25) is 0 Å². The van der Waals surface area contributed by atoms with Gasteiger partial charge in [0.1, 0.15) is 10.8 Å². The Morgan fingerprint density at radius 2 is 1.85 bits per heavy atom. The molecular weight excluding hydrogens is 468 g/mol. The van der Waals surface area contributed by atoms with Crippen molar-refractivity contribution in [3.8, 4) is 5.75 Å². The monoisotopic (exact) mass is 493 g/mol. The van der Waals surface area contributed by atoms with Crippen molar-refractivity contribution in [3.63, 3.8) is 0 Å². The molecule has 0 saturated carbocycles. The number of esters is 2. The number of alkyl halides is 2. The summed E-state index contributed by atoms with van der Waals surface area (Å²) in [5, 5.41) is 3.11. The summed E-state index contributed by atoms with van der Waals surface area (Å²) in [5.74, 6) is -1.81. The predicted octanol–water partition coefficient (Wildman–Crippen LogP) is 4.99. The molecule has 182 valence electrons. The van der Waals surface area contributed by atoms with Crippen molar-refractivity contribution in [1.82, 2.24) is 0 Å². The van der Waals surface area contributed by atoms with Crippen molar-refractivity contribution in [2.75, 3.05) is 11.9 Å². The van der Waals surface area contributed by atoms with E-state index in [-0.39, 0.29) is 12.4 Å². The molecule has 1 heterocycles. The van der Waals surface area contributed by atoms with Gasteiger partial charge in [0.25, 0.3) is 5.91 Å². The van der Waals surface area contributed by atoms with Crippen LogP contribution >= 0.6 is 11.3 Å². The van der Waals surface area contributed by atoms with Crippen LogP contribution < -0.4 is 10.1 Å². The lowest BCUT2D eigenvalue weighted by molar-refractivity contribution is -0.148. The molecule has 7 nitrogen and oxygen atoms in total. The quantitative estimate of drug-likeness (QED) is 0.391. The SMILES string of the molecule is CCOC(=O)c1c(NC(=O)C(C)OC(=O)C=Cc2ccc(OC(F)F)cc2)sc2c1CCCC2. The van der Waals surface area contributed by atoms with Crippen LogP contribution in [0.4, 0.5) is 13.8 Å². The Hall–Kier alpha value is -3.27. The van der Waals surface area contributed by atoms with Crippen LogP contribution in [0.3, 0.4) is 0 Å². The molecule has 0 fully saturated rings. The van der Waals surface area contributed by atoms with E-state index in [0.29, 0.717) is 16.1 Å². The van der Waals surface area contributed by atoms with E-state index < -0.39 is 30.6 Å². The number of fused-ring (bicyclic) bond motifs is 1. The molecule has 2 aromatic rings. The number of nitrogens with one attached hydrogen (secondary N) is 1. The Bertz CT molecular complexity index is 1060. The fraction of sp³-hybridized carbons (Fsp3) is 0.375. The van der Waals surface area contributed by atoms with E-state index >= 15 is 0 Å². The molecule has 1 aliphatic rings. The zero-order valence-corrected chi connectivity index (χ0v) is 19.6. The van der Waals surface area contributed by atoms with E-state index in [9.17, 15) is 23.2 Å². The number of carbonyl (C=O) groups excluding carboxylic acids is 3. The highest BCUT2D eigenvalue weighted by atomic mass is 32.1. The average molecular weight is 494 g/mol. The number of aryl methyl sites for hydroxylation is 1. The van der Waals surface area contributed by atoms with Crippen LogP contribution in [0.5, 0.6) is 5.75 Å². The zero-order valence-electron chi connectivity index (χ0n) is 18.8. The van der Waals surface area contributed by atoms with Gasteiger partial charge in [0.05, 0.1) is 12.2 Å². The van der Waals surface area contributed by atoms with Crippen LogP contribution in [-0.4, -0.2) is 37.2 Å². The second-order valence-electron chi connectivity index (χ2n) is 7.48. The maximum Gasteiger partial charge on any atom is 0.387 e. The van der Waals surface area contributed by atoms with Gasteiger partial charge in [-0.05, 0) is 68.9 Å². The molecule has 1 N–H and O–H groups in total. The average Bonchev–Trinajstić information content (AvgIpc) is 3.16. The van der Waals surface area contributed by atoms with Gasteiger partial charge in [-0.25, -0.2) is 9.59 Å². The number of hydrogen-bond acceptors (Lipinski definition) is 7. The first-order chi connectivity index (χ1) is 16.3. The van der Waals surface area contributed by atoms with E-state index in [4.69, 9.17) is 9.47 Å². The van der Waals surface area contributed by atoms with Gasteiger partial charge in [0.15, 0.2) is 6.10 Å². The standard InChI is InChI=1S/C24H25F2NO6S/c1-3-31-23(30)20-17-6-4-5-7-18(17)34-22(20)27-21(29)14(2)32-19(28)13-10-15-8-11-16(12-9-15)33-24(25)26/h8-14,24H,3-7H2,1-2H3,(H,27,29). The molecule has 0 bridgehead atoms. The van der Waals surface area contributed by atoms with Gasteiger partial charge in [-0.2, -0.15) is 8.78 Å². The number of ether oxygens (including phenoxy) is 3. The minimum Gasteiger partial charge on any atom is -0.462 e. The van der Waals surface area contributed by atoms with Gasteiger partial charge in [-0.3, -0.25) is 4.79 Å². The summed E-state index contributed by atoms with van der Waals surface area (Å²) in [5.41, 5.74) is 1.86. The van der Waals surface area contributed by atoms with Crippen molar-refractivity contribution in [2.45, 2.75) is 52.2 Å². The third kappa shape index (κ3) is 6.63. The Morgan fingerprint density at radius 3 is 2.53 bits per heavy atom. The normalized spacial score (nSPS) is 13.9. The first-order valence-corrected chi connectivity index (χ1v) is 11.7. The molecule has 34 heavy (non-hydrogen) atoms. The van der Waals surface area contributed by atoms with Crippen LogP contribution in [0.15, 0.2) is 30.3 Å². The second kappa shape index (κ2) is 11.7. The van der Waals surface area contributed by atoms with Crippen molar-refractivity contribution >= 4 is 40.3 Å². The molecule has 1 aromatic carbocycles. The van der Waals surface area contributed by atoms with Gasteiger partial charge >= 0.3 is 18.6 Å². The summed E-state index contributed by atoms with van der Waals surface area (Å²) in [4.78, 5) is 38.4. The van der Waals surface area contributed by atoms with Crippen molar-refractivity contribution < 1.29 is 37.4 Å². The third-order valence-electron chi connectivity index (χ3n) is 5.07. The summed E-state index contributed by atoms with van der Waals surface area (Å²) in [6, 6.07) is 5.67. The number of benzene rings is 1. The van der Waals surface area contributed by atoms with Crippen molar-refractivity contribution in [1.29, 1.82) is 0 Å². The number of anilines is 1. The van der Waals surface area contributed by atoms with Gasteiger partial charge in [-0.15, -0.1) is 11.3 Å². The van der Waals surface area contributed by atoms with Gasteiger partial charge in [0.2, 0.25) is 0 Å². The van der Waals surface area contributed by atoms with E-state index in [2.05, 4.69) is 10.1 Å². The first-order valence-electron chi connectivity index (χ1n) is 10.8. The summed E-state index contributed by atoms with van der Waals surface area (Å²) >= 11 is 1.35. The van der Waals surface area contributed by atoms with E-state index in [1.807, 2.05) is 0 Å². The number of thiophene rings is 1. The maximum absolute atomic E-state index is 12.7. The van der Waals surface area contributed by atoms with Crippen LogP contribution in [-0.2, 0) is 31.9 Å². The maximum atomic E-state index is 12.7. The fourth-order valence-corrected chi connectivity index (χ4v) is 4.76. The lowest BCUT2D eigenvalue weighted by Gasteiger charge is -2.13. The Morgan fingerprint density at radius 1 is 1.15 bits per heavy atom. The van der Waals surface area contributed by atoms with Crippen LogP contribution in [0, 0.1) is 0 Å². The zero-order chi connectivity index (χ0) is 24.7. The largest absolute Gasteiger partial charge is 0.462 e. The van der Waals surface area contributed by atoms with Crippen molar-refractivity contribution in [2.24, 2.45) is 0 Å². The minimum atomic E-state index is -2.92. The number of amides is 1. The highest BCUT2D eigenvalue weighted by Crippen LogP contribution is 2.38. The lowest BCUT2D eigenvalue weighted by atomic mass is 9.95. The molecule has 1 unspecified atom stereocenters. The molecule has 0 spiro atoms. The van der Waals surface area contributed by atoms with Gasteiger partial charge < -0.3 is 19.5 Å². The Balaban J connectivity index is 1.61. The second-order valence-corrected chi connectivity index (χ2v) is 8.59. The molecule has 3 rings (SSSR count). The predicted molar refractivity (Wildman–Crippen MR) is 123 cm³/mol. The molecule has 0 saturated heterocycles. The first kappa shape index (κ1) is 25.4. The van der Waals surface area contributed by atoms with Crippen LogP contribution in [0.1, 0.15) is 53.1 Å². The molecule has 1 aromatic heterocycles. The number of carbonyl (C=O) groups is 3. The molecule has 1 aliphatic carbocycles. The van der Waals surface area contributed by atoms with Gasteiger partial charge in [-0.1, -0.05) is 12.1 Å². The molecule has 0 aliphatic heterocycles. The molecule has 1 atom stereocenters. The molecular formula is C24H25F2NO6S. The molecule has 10 heteroatoms. The topological polar surface area (TPSA) is 90.9 Å². The summed E-state index contributed by atoms with van der Waals surface area (Å²) in [6.45, 7) is 0.445. The summed E-state index contributed by atoms with van der Waals surface area (Å²) < 4.78 is 39.0. The Kier molecular flexibility index (Phi) is 8.75. The summed E-state index contributed by atoms with van der Waals surface area (Å²) in [7, 11) is 0. The fourth-order valence-electron chi connectivity index (χ4n) is 3.48. The molecule has 0 radical (unpaired) electrons. The Labute approximate surface area is 199 Å². The highest BCUT2D eigenvalue weighted by Gasteiger charge is 2.28. The number of rotatable bonds is 9. The van der Waals surface area contributed by atoms with Gasteiger partial charge in [0, 0.05) is 11.0 Å². The van der Waals surface area contributed by atoms with Crippen molar-refractivity contribution in [3.05, 3.63) is 51.9 Å². The number of halogens is 2. The third-order valence-corrected chi connectivity index (χ3v) is 6.27.